The number of fused-ring (bicyclic) bond motifs is 3. The molecule has 3 aromatic rings. The number of carboxylic acid groups (broad SMARTS) is 1. The molecule has 0 saturated carbocycles. The molecule has 1 aromatic heterocycles. The fourth-order valence-electron chi connectivity index (χ4n) is 5.97. The number of carbonyl (C=O) groups is 2. The van der Waals surface area contributed by atoms with Crippen LogP contribution in [0.5, 0.6) is 5.75 Å². The summed E-state index contributed by atoms with van der Waals surface area (Å²) in [6.45, 7) is 2.90. The minimum absolute atomic E-state index is 0.0579. The van der Waals surface area contributed by atoms with E-state index in [2.05, 4.69) is 0 Å². The number of carboxylic acids is 1. The first kappa shape index (κ1) is 27.2. The Bertz CT molecular complexity index is 1370. The average Bonchev–Trinajstić information content (AvgIpc) is 3.37. The van der Waals surface area contributed by atoms with Gasteiger partial charge in [0.05, 0.1) is 30.8 Å². The second kappa shape index (κ2) is 11.4. The van der Waals surface area contributed by atoms with Crippen LogP contribution >= 0.6 is 11.6 Å². The normalized spacial score (nSPS) is 20.1. The van der Waals surface area contributed by atoms with Crippen LogP contribution in [0.25, 0.3) is 5.69 Å². The molecule has 3 heterocycles. The van der Waals surface area contributed by atoms with Gasteiger partial charge in [0.15, 0.2) is 11.6 Å². The minimum Gasteiger partial charge on any atom is -0.494 e. The number of aromatic nitrogens is 1. The standard InChI is InChI=1S/C30H32ClFN2O5/c1-3-20(30(36)37)18-11-14-33(15-12-18)27(35)17-26-24-7-5-13-34(24)23-10-9-19(31)16-22(23)29(39-26)21-6-4-8-25(38-2)28(21)32/h4-10,13,16,18,20,26,29H,3,11-12,14-15,17H2,1-2H3,(H,36,37). The molecule has 2 aliphatic heterocycles. The lowest BCUT2D eigenvalue weighted by atomic mass is 9.82. The number of rotatable bonds is 7. The van der Waals surface area contributed by atoms with Crippen molar-refractivity contribution in [3.05, 3.63) is 82.4 Å². The number of ether oxygens (including phenoxy) is 2. The molecule has 1 N–H and O–H groups in total. The van der Waals surface area contributed by atoms with Crippen molar-refractivity contribution in [2.45, 2.75) is 44.8 Å². The van der Waals surface area contributed by atoms with E-state index in [1.54, 1.807) is 35.2 Å². The first-order valence-electron chi connectivity index (χ1n) is 13.3. The topological polar surface area (TPSA) is 81.0 Å². The summed E-state index contributed by atoms with van der Waals surface area (Å²) < 4.78 is 29.4. The van der Waals surface area contributed by atoms with Crippen molar-refractivity contribution in [2.24, 2.45) is 11.8 Å². The Morgan fingerprint density at radius 3 is 2.62 bits per heavy atom. The highest BCUT2D eigenvalue weighted by atomic mass is 35.5. The zero-order valence-electron chi connectivity index (χ0n) is 22.0. The van der Waals surface area contributed by atoms with Gasteiger partial charge in [-0.05, 0) is 61.6 Å². The smallest absolute Gasteiger partial charge is 0.306 e. The molecule has 0 spiro atoms. The summed E-state index contributed by atoms with van der Waals surface area (Å²) >= 11 is 6.39. The van der Waals surface area contributed by atoms with E-state index < -0.39 is 24.0 Å². The number of halogens is 2. The summed E-state index contributed by atoms with van der Waals surface area (Å²) in [6, 6.07) is 14.1. The van der Waals surface area contributed by atoms with Gasteiger partial charge < -0.3 is 24.0 Å². The summed E-state index contributed by atoms with van der Waals surface area (Å²) in [6.07, 6.45) is 2.35. The number of likely N-dealkylation sites (tertiary alicyclic amines) is 1. The van der Waals surface area contributed by atoms with Crippen molar-refractivity contribution >= 4 is 23.5 Å². The summed E-state index contributed by atoms with van der Waals surface area (Å²) in [5.74, 6) is -1.61. The van der Waals surface area contributed by atoms with Crippen LogP contribution in [0.4, 0.5) is 4.39 Å². The lowest BCUT2D eigenvalue weighted by Crippen LogP contribution is -2.41. The van der Waals surface area contributed by atoms with Gasteiger partial charge in [0.2, 0.25) is 5.91 Å². The van der Waals surface area contributed by atoms with Crippen molar-refractivity contribution in [3.63, 3.8) is 0 Å². The highest BCUT2D eigenvalue weighted by molar-refractivity contribution is 6.30. The first-order chi connectivity index (χ1) is 18.8. The monoisotopic (exact) mass is 554 g/mol. The Morgan fingerprint density at radius 1 is 1.15 bits per heavy atom. The Labute approximate surface area is 232 Å². The van der Waals surface area contributed by atoms with Crippen molar-refractivity contribution in [1.29, 1.82) is 0 Å². The highest BCUT2D eigenvalue weighted by Crippen LogP contribution is 2.44. The molecule has 3 atom stereocenters. The van der Waals surface area contributed by atoms with Crippen LogP contribution in [-0.4, -0.2) is 46.6 Å². The summed E-state index contributed by atoms with van der Waals surface area (Å²) in [5, 5.41) is 10.0. The van der Waals surface area contributed by atoms with Gasteiger partial charge in [0, 0.05) is 35.4 Å². The van der Waals surface area contributed by atoms with Crippen LogP contribution in [-0.2, 0) is 14.3 Å². The van der Waals surface area contributed by atoms with E-state index in [0.29, 0.717) is 48.5 Å². The number of hydrogen-bond donors (Lipinski definition) is 1. The van der Waals surface area contributed by atoms with Gasteiger partial charge in [0.25, 0.3) is 0 Å². The molecule has 2 aliphatic rings. The van der Waals surface area contributed by atoms with Crippen LogP contribution in [0.2, 0.25) is 5.02 Å². The van der Waals surface area contributed by atoms with Crippen LogP contribution in [0, 0.1) is 17.7 Å². The lowest BCUT2D eigenvalue weighted by Gasteiger charge is -2.35. The number of carbonyl (C=O) groups excluding carboxylic acids is 1. The van der Waals surface area contributed by atoms with Gasteiger partial charge in [-0.3, -0.25) is 9.59 Å². The van der Waals surface area contributed by atoms with Crippen molar-refractivity contribution in [1.82, 2.24) is 9.47 Å². The molecular weight excluding hydrogens is 523 g/mol. The molecule has 1 amide bonds. The molecule has 9 heteroatoms. The molecule has 5 rings (SSSR count). The van der Waals surface area contributed by atoms with E-state index >= 15 is 4.39 Å². The molecule has 1 saturated heterocycles. The van der Waals surface area contributed by atoms with Crippen LogP contribution in [0.15, 0.2) is 54.7 Å². The minimum atomic E-state index is -0.835. The van der Waals surface area contributed by atoms with Crippen molar-refractivity contribution in [2.75, 3.05) is 20.2 Å². The summed E-state index contributed by atoms with van der Waals surface area (Å²) in [4.78, 5) is 26.9. The Balaban J connectivity index is 1.45. The fraction of sp³-hybridized carbons (Fsp3) is 0.400. The van der Waals surface area contributed by atoms with E-state index in [1.165, 1.54) is 7.11 Å². The van der Waals surface area contributed by atoms with Gasteiger partial charge in [0.1, 0.15) is 12.2 Å². The number of amides is 1. The second-order valence-electron chi connectivity index (χ2n) is 10.1. The summed E-state index contributed by atoms with van der Waals surface area (Å²) in [5.41, 5.74) is 2.55. The Kier molecular flexibility index (Phi) is 7.96. The Hall–Kier alpha value is -3.36. The maximum Gasteiger partial charge on any atom is 0.306 e. The molecule has 1 fully saturated rings. The van der Waals surface area contributed by atoms with E-state index in [9.17, 15) is 14.7 Å². The number of benzene rings is 2. The zero-order valence-corrected chi connectivity index (χ0v) is 22.7. The molecule has 2 aromatic carbocycles. The third kappa shape index (κ3) is 5.28. The number of aliphatic carboxylic acids is 1. The molecular formula is C30H32ClFN2O5. The second-order valence-corrected chi connectivity index (χ2v) is 10.6. The lowest BCUT2D eigenvalue weighted by molar-refractivity contribution is -0.145. The summed E-state index contributed by atoms with van der Waals surface area (Å²) in [7, 11) is 1.41. The molecule has 3 unspecified atom stereocenters. The maximum atomic E-state index is 15.5. The van der Waals surface area contributed by atoms with Crippen molar-refractivity contribution < 1.29 is 28.6 Å². The number of hydrogen-bond acceptors (Lipinski definition) is 4. The zero-order chi connectivity index (χ0) is 27.7. The maximum absolute atomic E-state index is 15.5. The van der Waals surface area contributed by atoms with E-state index in [0.717, 1.165) is 11.4 Å². The third-order valence-corrected chi connectivity index (χ3v) is 8.25. The SMILES string of the molecule is CCC(C(=O)O)C1CCN(C(=O)CC2OC(c3cccc(OC)c3F)c3cc(Cl)ccc3-n3cccc32)CC1. The van der Waals surface area contributed by atoms with E-state index in [-0.39, 0.29) is 29.9 Å². The molecule has 0 aliphatic carbocycles. The molecule has 0 radical (unpaired) electrons. The van der Waals surface area contributed by atoms with Crippen LogP contribution < -0.4 is 4.74 Å². The quantitative estimate of drug-likeness (QED) is 0.377. The van der Waals surface area contributed by atoms with Gasteiger partial charge in [-0.1, -0.05) is 30.7 Å². The third-order valence-electron chi connectivity index (χ3n) is 8.02. The van der Waals surface area contributed by atoms with Gasteiger partial charge in [-0.25, -0.2) is 4.39 Å². The van der Waals surface area contributed by atoms with Crippen LogP contribution in [0.3, 0.4) is 0 Å². The van der Waals surface area contributed by atoms with Crippen molar-refractivity contribution in [3.8, 4) is 11.4 Å². The van der Waals surface area contributed by atoms with Gasteiger partial charge in [-0.15, -0.1) is 0 Å². The average molecular weight is 555 g/mol. The molecule has 0 bridgehead atoms. The van der Waals surface area contributed by atoms with Gasteiger partial charge in [-0.2, -0.15) is 0 Å². The largest absolute Gasteiger partial charge is 0.494 e. The fourth-order valence-corrected chi connectivity index (χ4v) is 6.15. The molecule has 39 heavy (non-hydrogen) atoms. The van der Waals surface area contributed by atoms with Gasteiger partial charge >= 0.3 is 5.97 Å². The number of piperidine rings is 1. The highest BCUT2D eigenvalue weighted by Gasteiger charge is 2.36. The predicted octanol–water partition coefficient (Wildman–Crippen LogP) is 6.18. The van der Waals surface area contributed by atoms with E-state index in [1.807, 2.05) is 35.9 Å². The number of methoxy groups -OCH3 is 1. The van der Waals surface area contributed by atoms with E-state index in [4.69, 9.17) is 21.1 Å². The van der Waals surface area contributed by atoms with Crippen LogP contribution in [0.1, 0.15) is 61.6 Å². The molecule has 206 valence electrons. The molecule has 7 nitrogen and oxygen atoms in total. The number of nitrogens with zero attached hydrogens (tertiary/aromatic N) is 2. The predicted molar refractivity (Wildman–Crippen MR) is 145 cm³/mol. The first-order valence-corrected chi connectivity index (χ1v) is 13.7. The Morgan fingerprint density at radius 2 is 1.92 bits per heavy atom.